The van der Waals surface area contributed by atoms with Gasteiger partial charge in [-0.25, -0.2) is 4.39 Å². The molecule has 2 bridgehead atoms. The number of aliphatic carboxylic acids is 1. The van der Waals surface area contributed by atoms with Gasteiger partial charge in [0.05, 0.1) is 13.0 Å². The van der Waals surface area contributed by atoms with Crippen molar-refractivity contribution in [1.29, 1.82) is 0 Å². The lowest BCUT2D eigenvalue weighted by atomic mass is 9.89. The van der Waals surface area contributed by atoms with Crippen LogP contribution in [0, 0.1) is 11.7 Å². The molecule has 1 amide bonds. The maximum Gasteiger partial charge on any atom is 0.308 e. The number of benzene rings is 1. The number of carbonyl (C=O) groups excluding carboxylic acids is 1. The number of halogens is 1. The van der Waals surface area contributed by atoms with Crippen LogP contribution in [0.3, 0.4) is 0 Å². The standard InChI is InChI=1S/C15H16FNO4/c1-21-12-4-2-3-10(16)13(12)14(18)17-8-5-6-11(17)9(7-8)15(19)20/h2-4,8-9,11H,5-7H2,1H3,(H,19,20). The third kappa shape index (κ3) is 2.05. The number of methoxy groups -OCH3 is 1. The second-order valence-corrected chi connectivity index (χ2v) is 5.51. The number of nitrogens with zero attached hydrogens (tertiary/aromatic N) is 1. The molecule has 2 aliphatic heterocycles. The molecule has 3 atom stereocenters. The van der Waals surface area contributed by atoms with Gasteiger partial charge in [-0.3, -0.25) is 9.59 Å². The van der Waals surface area contributed by atoms with E-state index in [1.807, 2.05) is 0 Å². The van der Waals surface area contributed by atoms with Crippen LogP contribution in [-0.4, -0.2) is 41.1 Å². The van der Waals surface area contributed by atoms with Crippen LogP contribution in [0.5, 0.6) is 5.75 Å². The molecule has 2 aliphatic rings. The Kier molecular flexibility index (Phi) is 3.31. The highest BCUT2D eigenvalue weighted by Gasteiger charge is 2.52. The Labute approximate surface area is 121 Å². The molecule has 2 fully saturated rings. The van der Waals surface area contributed by atoms with E-state index in [1.54, 1.807) is 4.90 Å². The molecule has 0 aromatic heterocycles. The van der Waals surface area contributed by atoms with Gasteiger partial charge in [-0.05, 0) is 31.4 Å². The van der Waals surface area contributed by atoms with Crippen LogP contribution in [-0.2, 0) is 4.79 Å². The van der Waals surface area contributed by atoms with Gasteiger partial charge < -0.3 is 14.7 Å². The molecule has 3 unspecified atom stereocenters. The number of hydrogen-bond acceptors (Lipinski definition) is 3. The second-order valence-electron chi connectivity index (χ2n) is 5.51. The molecular weight excluding hydrogens is 277 g/mol. The van der Waals surface area contributed by atoms with Crippen LogP contribution < -0.4 is 4.74 Å². The molecule has 1 N–H and O–H groups in total. The smallest absolute Gasteiger partial charge is 0.308 e. The molecule has 3 rings (SSSR count). The number of ether oxygens (including phenoxy) is 1. The normalized spacial score (nSPS) is 27.0. The van der Waals surface area contributed by atoms with Crippen molar-refractivity contribution in [3.8, 4) is 5.75 Å². The lowest BCUT2D eigenvalue weighted by Gasteiger charge is -2.24. The summed E-state index contributed by atoms with van der Waals surface area (Å²) in [6.07, 6.45) is 1.88. The molecule has 1 aromatic rings. The second kappa shape index (κ2) is 5.02. The van der Waals surface area contributed by atoms with E-state index in [4.69, 9.17) is 4.74 Å². The zero-order valence-corrected chi connectivity index (χ0v) is 11.6. The average Bonchev–Trinajstić information content (AvgIpc) is 3.03. The minimum Gasteiger partial charge on any atom is -0.496 e. The molecule has 112 valence electrons. The summed E-state index contributed by atoms with van der Waals surface area (Å²) in [6, 6.07) is 3.76. The number of amides is 1. The Balaban J connectivity index is 1.96. The van der Waals surface area contributed by atoms with Crippen molar-refractivity contribution < 1.29 is 23.8 Å². The highest BCUT2D eigenvalue weighted by Crippen LogP contribution is 2.43. The van der Waals surface area contributed by atoms with E-state index in [0.717, 1.165) is 6.42 Å². The highest BCUT2D eigenvalue weighted by molar-refractivity contribution is 5.98. The Bertz CT molecular complexity index is 603. The van der Waals surface area contributed by atoms with Crippen LogP contribution in [0.15, 0.2) is 18.2 Å². The van der Waals surface area contributed by atoms with Gasteiger partial charge >= 0.3 is 5.97 Å². The third-order valence-electron chi connectivity index (χ3n) is 4.50. The number of carboxylic acid groups (broad SMARTS) is 1. The fraction of sp³-hybridized carbons (Fsp3) is 0.467. The zero-order valence-electron chi connectivity index (χ0n) is 11.6. The largest absolute Gasteiger partial charge is 0.496 e. The van der Waals surface area contributed by atoms with Gasteiger partial charge in [0.25, 0.3) is 5.91 Å². The van der Waals surface area contributed by atoms with E-state index < -0.39 is 23.6 Å². The van der Waals surface area contributed by atoms with Gasteiger partial charge in [0.15, 0.2) is 0 Å². The van der Waals surface area contributed by atoms with Crippen LogP contribution in [0.25, 0.3) is 0 Å². The van der Waals surface area contributed by atoms with Gasteiger partial charge in [-0.1, -0.05) is 6.07 Å². The maximum atomic E-state index is 14.0. The zero-order chi connectivity index (χ0) is 15.1. The summed E-state index contributed by atoms with van der Waals surface area (Å²) in [6.45, 7) is 0. The van der Waals surface area contributed by atoms with Gasteiger partial charge in [0, 0.05) is 12.1 Å². The lowest BCUT2D eigenvalue weighted by Crippen LogP contribution is -2.38. The third-order valence-corrected chi connectivity index (χ3v) is 4.50. The molecule has 1 aromatic carbocycles. The summed E-state index contributed by atoms with van der Waals surface area (Å²) < 4.78 is 19.1. The topological polar surface area (TPSA) is 66.8 Å². The predicted molar refractivity (Wildman–Crippen MR) is 71.7 cm³/mol. The number of carbonyl (C=O) groups is 2. The first-order valence-electron chi connectivity index (χ1n) is 6.92. The van der Waals surface area contributed by atoms with Gasteiger partial charge in [-0.2, -0.15) is 0 Å². The summed E-state index contributed by atoms with van der Waals surface area (Å²) in [4.78, 5) is 25.5. The Morgan fingerprint density at radius 2 is 2.14 bits per heavy atom. The van der Waals surface area contributed by atoms with E-state index in [9.17, 15) is 19.1 Å². The molecule has 0 saturated carbocycles. The Morgan fingerprint density at radius 3 is 2.76 bits per heavy atom. The molecule has 0 spiro atoms. The molecule has 2 heterocycles. The monoisotopic (exact) mass is 293 g/mol. The summed E-state index contributed by atoms with van der Waals surface area (Å²) in [5.74, 6) is -2.37. The lowest BCUT2D eigenvalue weighted by molar-refractivity contribution is -0.142. The molecule has 0 aliphatic carbocycles. The molecule has 21 heavy (non-hydrogen) atoms. The Hall–Kier alpha value is -2.11. The van der Waals surface area contributed by atoms with Crippen molar-refractivity contribution in [2.75, 3.05) is 7.11 Å². The van der Waals surface area contributed by atoms with Crippen molar-refractivity contribution in [1.82, 2.24) is 4.90 Å². The first-order chi connectivity index (χ1) is 10.0. The van der Waals surface area contributed by atoms with E-state index in [2.05, 4.69) is 0 Å². The van der Waals surface area contributed by atoms with Gasteiger partial charge in [-0.15, -0.1) is 0 Å². The van der Waals surface area contributed by atoms with Crippen molar-refractivity contribution in [2.24, 2.45) is 5.92 Å². The predicted octanol–water partition coefficient (Wildman–Crippen LogP) is 1.91. The van der Waals surface area contributed by atoms with Crippen molar-refractivity contribution >= 4 is 11.9 Å². The van der Waals surface area contributed by atoms with Crippen molar-refractivity contribution in [3.63, 3.8) is 0 Å². The minimum absolute atomic E-state index is 0.108. The summed E-state index contributed by atoms with van der Waals surface area (Å²) in [5.41, 5.74) is -0.108. The summed E-state index contributed by atoms with van der Waals surface area (Å²) >= 11 is 0. The number of hydrogen-bond donors (Lipinski definition) is 1. The van der Waals surface area contributed by atoms with Crippen molar-refractivity contribution in [3.05, 3.63) is 29.6 Å². The minimum atomic E-state index is -0.888. The molecule has 5 nitrogen and oxygen atoms in total. The number of carboxylic acids is 1. The molecule has 2 saturated heterocycles. The highest BCUT2D eigenvalue weighted by atomic mass is 19.1. The first kappa shape index (κ1) is 13.9. The fourth-order valence-electron chi connectivity index (χ4n) is 3.58. The SMILES string of the molecule is COc1cccc(F)c1C(=O)N1C2CCC1C(C(=O)O)C2. The molecule has 6 heteroatoms. The van der Waals surface area contributed by atoms with Gasteiger partial charge in [0.1, 0.15) is 17.1 Å². The summed E-state index contributed by atoms with van der Waals surface area (Å²) in [5, 5.41) is 9.22. The first-order valence-corrected chi connectivity index (χ1v) is 6.92. The Morgan fingerprint density at radius 1 is 1.38 bits per heavy atom. The van der Waals surface area contributed by atoms with Crippen LogP contribution in [0.1, 0.15) is 29.6 Å². The molecular formula is C15H16FNO4. The maximum absolute atomic E-state index is 14.0. The van der Waals surface area contributed by atoms with E-state index in [0.29, 0.717) is 12.8 Å². The van der Waals surface area contributed by atoms with Crippen molar-refractivity contribution in [2.45, 2.75) is 31.3 Å². The molecule has 0 radical (unpaired) electrons. The van der Waals surface area contributed by atoms with E-state index in [-0.39, 0.29) is 23.4 Å². The van der Waals surface area contributed by atoms with E-state index >= 15 is 0 Å². The number of rotatable bonds is 3. The van der Waals surface area contributed by atoms with Crippen LogP contribution in [0.4, 0.5) is 4.39 Å². The summed E-state index contributed by atoms with van der Waals surface area (Å²) in [7, 11) is 1.38. The van der Waals surface area contributed by atoms with Crippen LogP contribution >= 0.6 is 0 Å². The van der Waals surface area contributed by atoms with E-state index in [1.165, 1.54) is 25.3 Å². The van der Waals surface area contributed by atoms with Gasteiger partial charge in [0.2, 0.25) is 0 Å². The number of fused-ring (bicyclic) bond motifs is 2. The fourth-order valence-corrected chi connectivity index (χ4v) is 3.58. The van der Waals surface area contributed by atoms with Crippen LogP contribution in [0.2, 0.25) is 0 Å². The quantitative estimate of drug-likeness (QED) is 0.924. The average molecular weight is 293 g/mol.